The number of anilines is 1. The van der Waals surface area contributed by atoms with Crippen LogP contribution in [0.1, 0.15) is 34.5 Å². The van der Waals surface area contributed by atoms with Gasteiger partial charge in [0.15, 0.2) is 5.78 Å². The lowest BCUT2D eigenvalue weighted by atomic mass is 10.0. The summed E-state index contributed by atoms with van der Waals surface area (Å²) in [4.78, 5) is 27.3. The van der Waals surface area contributed by atoms with Crippen LogP contribution in [0.4, 0.5) is 5.69 Å². The zero-order valence-corrected chi connectivity index (χ0v) is 16.9. The summed E-state index contributed by atoms with van der Waals surface area (Å²) >= 11 is 0. The van der Waals surface area contributed by atoms with Gasteiger partial charge in [0.2, 0.25) is 5.91 Å². The molecule has 0 aromatic heterocycles. The first-order chi connectivity index (χ1) is 14.6. The van der Waals surface area contributed by atoms with Gasteiger partial charge in [-0.3, -0.25) is 14.5 Å². The highest BCUT2D eigenvalue weighted by atomic mass is 16.5. The highest BCUT2D eigenvalue weighted by molar-refractivity contribution is 5.98. The van der Waals surface area contributed by atoms with Gasteiger partial charge < -0.3 is 10.1 Å². The minimum Gasteiger partial charge on any atom is -0.492 e. The molecule has 1 amide bonds. The van der Waals surface area contributed by atoms with E-state index in [1.165, 1.54) is 6.92 Å². The maximum absolute atomic E-state index is 13.4. The number of benzene rings is 3. The Morgan fingerprint density at radius 2 is 1.73 bits per heavy atom. The van der Waals surface area contributed by atoms with Crippen molar-refractivity contribution in [1.29, 1.82) is 0 Å². The summed E-state index contributed by atoms with van der Waals surface area (Å²) in [6, 6.07) is 24.2. The van der Waals surface area contributed by atoms with E-state index in [2.05, 4.69) is 10.2 Å². The SMILES string of the molecule is CC(=O)c1cccc(NC(=O)C(c2ccccc2)N2CCOc3ccccc3C2)c1. The molecule has 0 saturated carbocycles. The van der Waals surface area contributed by atoms with Crippen molar-refractivity contribution >= 4 is 17.4 Å². The third-order valence-electron chi connectivity index (χ3n) is 5.25. The number of rotatable bonds is 5. The quantitative estimate of drug-likeness (QED) is 0.643. The molecule has 1 aliphatic rings. The maximum atomic E-state index is 13.4. The largest absolute Gasteiger partial charge is 0.492 e. The van der Waals surface area contributed by atoms with Crippen LogP contribution in [-0.4, -0.2) is 29.7 Å². The lowest BCUT2D eigenvalue weighted by molar-refractivity contribution is -0.121. The Kier molecular flexibility index (Phi) is 5.91. The van der Waals surface area contributed by atoms with E-state index in [0.717, 1.165) is 16.9 Å². The molecule has 0 fully saturated rings. The number of nitrogens with zero attached hydrogens (tertiary/aromatic N) is 1. The average molecular weight is 400 g/mol. The van der Waals surface area contributed by atoms with Crippen LogP contribution < -0.4 is 10.1 Å². The van der Waals surface area contributed by atoms with E-state index in [0.29, 0.717) is 30.9 Å². The highest BCUT2D eigenvalue weighted by Gasteiger charge is 2.30. The first kappa shape index (κ1) is 19.9. The van der Waals surface area contributed by atoms with Gasteiger partial charge in [0.05, 0.1) is 0 Å². The minimum atomic E-state index is -0.484. The number of carbonyl (C=O) groups is 2. The van der Waals surface area contributed by atoms with Crippen molar-refractivity contribution < 1.29 is 14.3 Å². The number of ketones is 1. The van der Waals surface area contributed by atoms with Gasteiger partial charge in [-0.2, -0.15) is 0 Å². The molecule has 152 valence electrons. The van der Waals surface area contributed by atoms with Crippen LogP contribution in [0, 0.1) is 0 Å². The van der Waals surface area contributed by atoms with E-state index in [-0.39, 0.29) is 11.7 Å². The highest BCUT2D eigenvalue weighted by Crippen LogP contribution is 2.30. The minimum absolute atomic E-state index is 0.0352. The Bertz CT molecular complexity index is 1050. The van der Waals surface area contributed by atoms with E-state index in [1.54, 1.807) is 24.3 Å². The van der Waals surface area contributed by atoms with Crippen molar-refractivity contribution in [1.82, 2.24) is 4.90 Å². The van der Waals surface area contributed by atoms with Crippen molar-refractivity contribution in [3.05, 3.63) is 95.6 Å². The van der Waals surface area contributed by atoms with Crippen molar-refractivity contribution in [2.24, 2.45) is 0 Å². The Labute approximate surface area is 176 Å². The fourth-order valence-corrected chi connectivity index (χ4v) is 3.76. The molecule has 1 aliphatic heterocycles. The fraction of sp³-hybridized carbons (Fsp3) is 0.200. The number of para-hydroxylation sites is 1. The molecule has 0 spiro atoms. The van der Waals surface area contributed by atoms with E-state index < -0.39 is 6.04 Å². The lowest BCUT2D eigenvalue weighted by Gasteiger charge is -2.29. The van der Waals surface area contributed by atoms with Crippen LogP contribution in [0.5, 0.6) is 5.75 Å². The van der Waals surface area contributed by atoms with Crippen LogP contribution >= 0.6 is 0 Å². The number of hydrogen-bond acceptors (Lipinski definition) is 4. The topological polar surface area (TPSA) is 58.6 Å². The summed E-state index contributed by atoms with van der Waals surface area (Å²) in [5.74, 6) is 0.689. The molecule has 1 heterocycles. The van der Waals surface area contributed by atoms with Gasteiger partial charge in [0.1, 0.15) is 18.4 Å². The smallest absolute Gasteiger partial charge is 0.246 e. The molecule has 4 rings (SSSR count). The van der Waals surface area contributed by atoms with Gasteiger partial charge in [-0.1, -0.05) is 60.7 Å². The maximum Gasteiger partial charge on any atom is 0.246 e. The molecule has 5 nitrogen and oxygen atoms in total. The second kappa shape index (κ2) is 8.93. The molecule has 0 radical (unpaired) electrons. The van der Waals surface area contributed by atoms with Crippen LogP contribution in [-0.2, 0) is 11.3 Å². The predicted octanol–water partition coefficient (Wildman–Crippen LogP) is 4.46. The second-order valence-electron chi connectivity index (χ2n) is 7.37. The normalized spacial score (nSPS) is 14.7. The van der Waals surface area contributed by atoms with Crippen LogP contribution in [0.25, 0.3) is 0 Å². The lowest BCUT2D eigenvalue weighted by Crippen LogP contribution is -2.38. The monoisotopic (exact) mass is 400 g/mol. The Balaban J connectivity index is 1.64. The van der Waals surface area contributed by atoms with Gasteiger partial charge in [-0.05, 0) is 30.7 Å². The molecule has 1 unspecified atom stereocenters. The first-order valence-corrected chi connectivity index (χ1v) is 10.0. The molecule has 1 N–H and O–H groups in total. The number of hydrogen-bond donors (Lipinski definition) is 1. The predicted molar refractivity (Wildman–Crippen MR) is 117 cm³/mol. The fourth-order valence-electron chi connectivity index (χ4n) is 3.76. The number of fused-ring (bicyclic) bond motifs is 1. The number of carbonyl (C=O) groups excluding carboxylic acids is 2. The third kappa shape index (κ3) is 4.42. The molecular weight excluding hydrogens is 376 g/mol. The van der Waals surface area contributed by atoms with E-state index >= 15 is 0 Å². The van der Waals surface area contributed by atoms with Crippen LogP contribution in [0.15, 0.2) is 78.9 Å². The number of Topliss-reactive ketones (excluding diaryl/α,β-unsaturated/α-hetero) is 1. The molecule has 0 saturated heterocycles. The van der Waals surface area contributed by atoms with Crippen molar-refractivity contribution in [3.63, 3.8) is 0 Å². The van der Waals surface area contributed by atoms with Crippen molar-refractivity contribution in [3.8, 4) is 5.75 Å². The zero-order valence-electron chi connectivity index (χ0n) is 16.9. The standard InChI is InChI=1S/C25H24N2O3/c1-18(28)20-11-7-12-22(16-20)26-25(29)24(19-8-3-2-4-9-19)27-14-15-30-23-13-6-5-10-21(23)17-27/h2-13,16,24H,14-15,17H2,1H3,(H,26,29). The third-order valence-corrected chi connectivity index (χ3v) is 5.25. The summed E-state index contributed by atoms with van der Waals surface area (Å²) < 4.78 is 5.89. The van der Waals surface area contributed by atoms with Gasteiger partial charge in [-0.25, -0.2) is 0 Å². The van der Waals surface area contributed by atoms with Crippen molar-refractivity contribution in [2.75, 3.05) is 18.5 Å². The van der Waals surface area contributed by atoms with E-state index in [4.69, 9.17) is 4.74 Å². The summed E-state index contributed by atoms with van der Waals surface area (Å²) in [5, 5.41) is 3.00. The summed E-state index contributed by atoms with van der Waals surface area (Å²) in [6.07, 6.45) is 0. The summed E-state index contributed by atoms with van der Waals surface area (Å²) in [5.41, 5.74) is 3.15. The van der Waals surface area contributed by atoms with Crippen molar-refractivity contribution in [2.45, 2.75) is 19.5 Å². The number of nitrogens with one attached hydrogen (secondary N) is 1. The summed E-state index contributed by atoms with van der Waals surface area (Å²) in [7, 11) is 0. The molecule has 0 aliphatic carbocycles. The Morgan fingerprint density at radius 1 is 0.967 bits per heavy atom. The van der Waals surface area contributed by atoms with Gasteiger partial charge >= 0.3 is 0 Å². The molecule has 30 heavy (non-hydrogen) atoms. The van der Waals surface area contributed by atoms with E-state index in [1.807, 2.05) is 54.6 Å². The zero-order chi connectivity index (χ0) is 20.9. The van der Waals surface area contributed by atoms with E-state index in [9.17, 15) is 9.59 Å². The van der Waals surface area contributed by atoms with Gasteiger partial charge in [0, 0.05) is 29.9 Å². The molecule has 5 heteroatoms. The van der Waals surface area contributed by atoms with Crippen LogP contribution in [0.2, 0.25) is 0 Å². The average Bonchev–Trinajstić information content (AvgIpc) is 2.97. The summed E-state index contributed by atoms with van der Waals surface area (Å²) in [6.45, 7) is 3.25. The molecule has 1 atom stereocenters. The molecular formula is C25H24N2O3. The second-order valence-corrected chi connectivity index (χ2v) is 7.37. The number of ether oxygens (including phenoxy) is 1. The Hall–Kier alpha value is -3.44. The number of amides is 1. The molecule has 0 bridgehead atoms. The first-order valence-electron chi connectivity index (χ1n) is 10.0. The van der Waals surface area contributed by atoms with Gasteiger partial charge in [-0.15, -0.1) is 0 Å². The molecule has 3 aromatic rings. The van der Waals surface area contributed by atoms with Crippen LogP contribution in [0.3, 0.4) is 0 Å². The molecule has 3 aromatic carbocycles. The van der Waals surface area contributed by atoms with Gasteiger partial charge in [0.25, 0.3) is 0 Å². The Morgan fingerprint density at radius 3 is 2.53 bits per heavy atom.